The summed E-state index contributed by atoms with van der Waals surface area (Å²) in [7, 11) is 0. The van der Waals surface area contributed by atoms with E-state index in [2.05, 4.69) is 47.6 Å². The van der Waals surface area contributed by atoms with Gasteiger partial charge in [0.25, 0.3) is 0 Å². The van der Waals surface area contributed by atoms with Gasteiger partial charge in [-0.15, -0.1) is 0 Å². The lowest BCUT2D eigenvalue weighted by atomic mass is 9.73. The van der Waals surface area contributed by atoms with Crippen LogP contribution in [-0.4, -0.2) is 11.7 Å². The Kier molecular flexibility index (Phi) is 5.43. The van der Waals surface area contributed by atoms with Crippen LogP contribution in [0, 0.1) is 17.3 Å². The second-order valence-corrected chi connectivity index (χ2v) is 5.43. The molecule has 0 rings (SSSR count). The molecule has 0 amide bonds. The quantitative estimate of drug-likeness (QED) is 0.669. The lowest BCUT2D eigenvalue weighted by Crippen LogP contribution is -2.30. The number of allylic oxidation sites excluding steroid dienone is 2. The molecule has 2 atom stereocenters. The van der Waals surface area contributed by atoms with Crippen LogP contribution in [0.2, 0.25) is 0 Å². The van der Waals surface area contributed by atoms with Gasteiger partial charge in [0.15, 0.2) is 0 Å². The summed E-state index contributed by atoms with van der Waals surface area (Å²) >= 11 is 0. The largest absolute Gasteiger partial charge is 0.396 e. The van der Waals surface area contributed by atoms with E-state index in [4.69, 9.17) is 0 Å². The van der Waals surface area contributed by atoms with Crippen molar-refractivity contribution in [3.8, 4) is 0 Å². The first-order valence-corrected chi connectivity index (χ1v) is 5.55. The van der Waals surface area contributed by atoms with Crippen LogP contribution in [0.5, 0.6) is 0 Å². The first kappa shape index (κ1) is 13.7. The first-order chi connectivity index (χ1) is 6.31. The van der Waals surface area contributed by atoms with Crippen LogP contribution in [0.15, 0.2) is 11.6 Å². The molecule has 0 aliphatic rings. The summed E-state index contributed by atoms with van der Waals surface area (Å²) in [5, 5.41) is 9.28. The van der Waals surface area contributed by atoms with Crippen molar-refractivity contribution in [1.29, 1.82) is 0 Å². The molecule has 0 aromatic carbocycles. The third-order valence-corrected chi connectivity index (χ3v) is 3.39. The SMILES string of the molecule is CC(C)=CC[C@H](C)[C@@H](C)C(C)(C)CO. The maximum absolute atomic E-state index is 9.28. The molecule has 0 bridgehead atoms. The second-order valence-electron chi connectivity index (χ2n) is 5.43. The van der Waals surface area contributed by atoms with Gasteiger partial charge in [-0.2, -0.15) is 0 Å². The van der Waals surface area contributed by atoms with Crippen LogP contribution in [0.25, 0.3) is 0 Å². The molecule has 0 aliphatic carbocycles. The van der Waals surface area contributed by atoms with E-state index in [1.807, 2.05) is 0 Å². The molecule has 0 fully saturated rings. The van der Waals surface area contributed by atoms with Crippen molar-refractivity contribution < 1.29 is 5.11 Å². The number of rotatable bonds is 5. The highest BCUT2D eigenvalue weighted by Gasteiger charge is 2.28. The Morgan fingerprint density at radius 2 is 1.79 bits per heavy atom. The second kappa shape index (κ2) is 5.55. The van der Waals surface area contributed by atoms with E-state index in [9.17, 15) is 5.11 Å². The Labute approximate surface area is 89.2 Å². The number of hydrogen-bond donors (Lipinski definition) is 1. The highest BCUT2D eigenvalue weighted by atomic mass is 16.3. The minimum Gasteiger partial charge on any atom is -0.396 e. The molecular weight excluding hydrogens is 172 g/mol. The zero-order valence-corrected chi connectivity index (χ0v) is 10.6. The fourth-order valence-corrected chi connectivity index (χ4v) is 1.54. The van der Waals surface area contributed by atoms with Gasteiger partial charge in [-0.1, -0.05) is 39.3 Å². The highest BCUT2D eigenvalue weighted by Crippen LogP contribution is 2.33. The molecule has 0 radical (unpaired) electrons. The molecule has 14 heavy (non-hydrogen) atoms. The summed E-state index contributed by atoms with van der Waals surface area (Å²) in [4.78, 5) is 0. The van der Waals surface area contributed by atoms with E-state index in [0.717, 1.165) is 6.42 Å². The summed E-state index contributed by atoms with van der Waals surface area (Å²) in [6, 6.07) is 0. The van der Waals surface area contributed by atoms with Crippen molar-refractivity contribution in [1.82, 2.24) is 0 Å². The normalized spacial score (nSPS) is 16.2. The van der Waals surface area contributed by atoms with Crippen LogP contribution in [-0.2, 0) is 0 Å². The number of aliphatic hydroxyl groups is 1. The minimum absolute atomic E-state index is 0.0366. The average molecular weight is 198 g/mol. The van der Waals surface area contributed by atoms with E-state index in [-0.39, 0.29) is 12.0 Å². The lowest BCUT2D eigenvalue weighted by Gasteiger charge is -2.34. The van der Waals surface area contributed by atoms with Crippen molar-refractivity contribution in [3.63, 3.8) is 0 Å². The molecule has 0 aromatic heterocycles. The summed E-state index contributed by atoms with van der Waals surface area (Å²) in [6.07, 6.45) is 3.40. The predicted molar refractivity (Wildman–Crippen MR) is 63.2 cm³/mol. The molecule has 1 N–H and O–H groups in total. The summed E-state index contributed by atoms with van der Waals surface area (Å²) in [6.45, 7) is 13.3. The highest BCUT2D eigenvalue weighted by molar-refractivity contribution is 4.95. The molecule has 84 valence electrons. The first-order valence-electron chi connectivity index (χ1n) is 5.55. The zero-order valence-electron chi connectivity index (χ0n) is 10.6. The summed E-state index contributed by atoms with van der Waals surface area (Å²) in [5.74, 6) is 1.18. The average Bonchev–Trinajstić information content (AvgIpc) is 2.12. The molecule has 0 saturated carbocycles. The van der Waals surface area contributed by atoms with Crippen molar-refractivity contribution in [2.24, 2.45) is 17.3 Å². The van der Waals surface area contributed by atoms with Gasteiger partial charge in [-0.3, -0.25) is 0 Å². The third kappa shape index (κ3) is 4.28. The molecule has 0 heterocycles. The van der Waals surface area contributed by atoms with Gasteiger partial charge in [-0.25, -0.2) is 0 Å². The number of aliphatic hydroxyl groups excluding tert-OH is 1. The van der Waals surface area contributed by atoms with Crippen LogP contribution in [0.4, 0.5) is 0 Å². The molecule has 0 aliphatic heterocycles. The Bertz CT molecular complexity index is 187. The summed E-state index contributed by atoms with van der Waals surface area (Å²) < 4.78 is 0. The van der Waals surface area contributed by atoms with Crippen LogP contribution in [0.1, 0.15) is 48.0 Å². The molecule has 0 spiro atoms. The zero-order chi connectivity index (χ0) is 11.4. The Morgan fingerprint density at radius 3 is 2.14 bits per heavy atom. The Hall–Kier alpha value is -0.300. The van der Waals surface area contributed by atoms with Crippen LogP contribution in [0.3, 0.4) is 0 Å². The summed E-state index contributed by atoms with van der Waals surface area (Å²) in [5.41, 5.74) is 1.42. The standard InChI is InChI=1S/C13H26O/c1-10(2)7-8-11(3)12(4)13(5,6)9-14/h7,11-12,14H,8-9H2,1-6H3/t11-,12+/m0/s1. The maximum Gasteiger partial charge on any atom is 0.0484 e. The van der Waals surface area contributed by atoms with E-state index >= 15 is 0 Å². The van der Waals surface area contributed by atoms with E-state index < -0.39 is 0 Å². The van der Waals surface area contributed by atoms with Gasteiger partial charge in [0.1, 0.15) is 0 Å². The van der Waals surface area contributed by atoms with Gasteiger partial charge in [0, 0.05) is 6.61 Å². The Morgan fingerprint density at radius 1 is 1.29 bits per heavy atom. The molecule has 1 heteroatoms. The monoisotopic (exact) mass is 198 g/mol. The van der Waals surface area contributed by atoms with E-state index in [1.165, 1.54) is 5.57 Å². The maximum atomic E-state index is 9.28. The van der Waals surface area contributed by atoms with Crippen molar-refractivity contribution >= 4 is 0 Å². The lowest BCUT2D eigenvalue weighted by molar-refractivity contribution is 0.0762. The van der Waals surface area contributed by atoms with Crippen molar-refractivity contribution in [3.05, 3.63) is 11.6 Å². The molecule has 0 saturated heterocycles. The van der Waals surface area contributed by atoms with Gasteiger partial charge >= 0.3 is 0 Å². The van der Waals surface area contributed by atoms with Gasteiger partial charge in [0.2, 0.25) is 0 Å². The molecule has 0 aromatic rings. The van der Waals surface area contributed by atoms with Gasteiger partial charge in [0.05, 0.1) is 0 Å². The Balaban J connectivity index is 4.25. The number of hydrogen-bond acceptors (Lipinski definition) is 1. The fraction of sp³-hybridized carbons (Fsp3) is 0.846. The van der Waals surface area contributed by atoms with Gasteiger partial charge < -0.3 is 5.11 Å². The minimum atomic E-state index is 0.0366. The van der Waals surface area contributed by atoms with E-state index in [0.29, 0.717) is 11.8 Å². The molecule has 1 nitrogen and oxygen atoms in total. The van der Waals surface area contributed by atoms with Gasteiger partial charge in [-0.05, 0) is 37.5 Å². The van der Waals surface area contributed by atoms with Crippen molar-refractivity contribution in [2.75, 3.05) is 6.61 Å². The van der Waals surface area contributed by atoms with Crippen LogP contribution >= 0.6 is 0 Å². The predicted octanol–water partition coefficient (Wildman–Crippen LogP) is 3.63. The molecule has 0 unspecified atom stereocenters. The van der Waals surface area contributed by atoms with E-state index in [1.54, 1.807) is 0 Å². The van der Waals surface area contributed by atoms with Crippen LogP contribution < -0.4 is 0 Å². The third-order valence-electron chi connectivity index (χ3n) is 3.39. The van der Waals surface area contributed by atoms with Crippen molar-refractivity contribution in [2.45, 2.75) is 48.0 Å². The molecular formula is C13H26O. The topological polar surface area (TPSA) is 20.2 Å². The fourth-order valence-electron chi connectivity index (χ4n) is 1.54. The smallest absolute Gasteiger partial charge is 0.0484 e.